The quantitative estimate of drug-likeness (QED) is 0.290. The van der Waals surface area contributed by atoms with Crippen molar-refractivity contribution in [1.82, 2.24) is 25.2 Å². The summed E-state index contributed by atoms with van der Waals surface area (Å²) in [7, 11) is 3.26. The number of H-pyrrole nitrogens is 1. The standard InChI is InChI=1S/C28H31ClN6O3/c1-30-24(36)17-38-22-5-3-4-19(14-22)27-33-26-25(23(29)15-31-28(26)34-27)32-20-10-12-35(13-11-20)16-18-6-8-21(37-2)9-7-18/h3-9,14-15,20H,10-13,16-17H2,1-2H3,(H,30,36)(H2,31,32,33,34). The lowest BCUT2D eigenvalue weighted by molar-refractivity contribution is -0.122. The van der Waals surface area contributed by atoms with Crippen LogP contribution >= 0.6 is 11.6 Å². The first-order valence-electron chi connectivity index (χ1n) is 12.6. The lowest BCUT2D eigenvalue weighted by Crippen LogP contribution is -2.38. The summed E-state index contributed by atoms with van der Waals surface area (Å²) in [5, 5.41) is 6.75. The molecule has 0 atom stereocenters. The largest absolute Gasteiger partial charge is 0.497 e. The topological polar surface area (TPSA) is 104 Å². The summed E-state index contributed by atoms with van der Waals surface area (Å²) in [6.45, 7) is 2.86. The molecule has 10 heteroatoms. The average molecular weight is 535 g/mol. The van der Waals surface area contributed by atoms with Crippen molar-refractivity contribution in [3.8, 4) is 22.9 Å². The number of benzene rings is 2. The van der Waals surface area contributed by atoms with Crippen LogP contribution in [0.5, 0.6) is 11.5 Å². The average Bonchev–Trinajstić information content (AvgIpc) is 3.39. The number of hydrogen-bond acceptors (Lipinski definition) is 7. The number of likely N-dealkylation sites (tertiary alicyclic amines) is 1. The van der Waals surface area contributed by atoms with Gasteiger partial charge in [0.1, 0.15) is 22.8 Å². The minimum Gasteiger partial charge on any atom is -0.497 e. The molecule has 0 bridgehead atoms. The van der Waals surface area contributed by atoms with Crippen LogP contribution in [0.2, 0.25) is 5.02 Å². The van der Waals surface area contributed by atoms with Crippen LogP contribution in [0.1, 0.15) is 18.4 Å². The van der Waals surface area contributed by atoms with Gasteiger partial charge in [-0.25, -0.2) is 9.97 Å². The van der Waals surface area contributed by atoms with Crippen LogP contribution in [0.25, 0.3) is 22.6 Å². The number of carbonyl (C=O) groups is 1. The van der Waals surface area contributed by atoms with Gasteiger partial charge in [-0.15, -0.1) is 0 Å². The van der Waals surface area contributed by atoms with E-state index in [0.717, 1.165) is 55.0 Å². The van der Waals surface area contributed by atoms with Crippen molar-refractivity contribution < 1.29 is 14.3 Å². The van der Waals surface area contributed by atoms with Crippen LogP contribution in [0, 0.1) is 0 Å². The van der Waals surface area contributed by atoms with Gasteiger partial charge in [-0.2, -0.15) is 0 Å². The second-order valence-electron chi connectivity index (χ2n) is 9.30. The Morgan fingerprint density at radius 3 is 2.68 bits per heavy atom. The zero-order valence-electron chi connectivity index (χ0n) is 21.5. The molecule has 1 saturated heterocycles. The Bertz CT molecular complexity index is 1400. The maximum atomic E-state index is 11.5. The van der Waals surface area contributed by atoms with Gasteiger partial charge in [0.15, 0.2) is 12.3 Å². The molecule has 1 fully saturated rings. The molecular weight excluding hydrogens is 504 g/mol. The third-order valence-corrected chi connectivity index (χ3v) is 7.02. The van der Waals surface area contributed by atoms with E-state index in [1.165, 1.54) is 5.56 Å². The Labute approximate surface area is 226 Å². The number of halogens is 1. The van der Waals surface area contributed by atoms with Crippen molar-refractivity contribution in [1.29, 1.82) is 0 Å². The number of amides is 1. The molecule has 0 spiro atoms. The summed E-state index contributed by atoms with van der Waals surface area (Å²) < 4.78 is 10.8. The van der Waals surface area contributed by atoms with Crippen molar-refractivity contribution in [3.05, 3.63) is 65.3 Å². The lowest BCUT2D eigenvalue weighted by atomic mass is 10.0. The molecule has 4 aromatic rings. The zero-order valence-corrected chi connectivity index (χ0v) is 22.2. The number of pyridine rings is 1. The first-order valence-corrected chi connectivity index (χ1v) is 13.0. The maximum Gasteiger partial charge on any atom is 0.257 e. The molecule has 5 rings (SSSR count). The number of piperidine rings is 1. The van der Waals surface area contributed by atoms with E-state index in [2.05, 4.69) is 42.6 Å². The molecular formula is C28H31ClN6O3. The first kappa shape index (κ1) is 25.8. The van der Waals surface area contributed by atoms with E-state index in [4.69, 9.17) is 21.1 Å². The Morgan fingerprint density at radius 1 is 1.16 bits per heavy atom. The Balaban J connectivity index is 1.26. The predicted molar refractivity (Wildman–Crippen MR) is 149 cm³/mol. The smallest absolute Gasteiger partial charge is 0.257 e. The highest BCUT2D eigenvalue weighted by Crippen LogP contribution is 2.33. The van der Waals surface area contributed by atoms with Gasteiger partial charge in [-0.1, -0.05) is 35.9 Å². The number of imidazole rings is 1. The summed E-state index contributed by atoms with van der Waals surface area (Å²) in [5.74, 6) is 1.91. The van der Waals surface area contributed by atoms with Crippen LogP contribution < -0.4 is 20.1 Å². The molecule has 0 saturated carbocycles. The molecule has 2 aromatic carbocycles. The van der Waals surface area contributed by atoms with Crippen molar-refractivity contribution in [2.45, 2.75) is 25.4 Å². The molecule has 1 aliphatic heterocycles. The number of fused-ring (bicyclic) bond motifs is 1. The molecule has 0 unspecified atom stereocenters. The third kappa shape index (κ3) is 6.00. The Morgan fingerprint density at radius 2 is 1.95 bits per heavy atom. The van der Waals surface area contributed by atoms with Crippen LogP contribution in [0.3, 0.4) is 0 Å². The van der Waals surface area contributed by atoms with Gasteiger partial charge in [0, 0.05) is 38.3 Å². The number of hydrogen-bond donors (Lipinski definition) is 3. The molecule has 0 radical (unpaired) electrons. The molecule has 38 heavy (non-hydrogen) atoms. The summed E-state index contributed by atoms with van der Waals surface area (Å²) in [4.78, 5) is 26.5. The molecule has 3 heterocycles. The van der Waals surface area contributed by atoms with Gasteiger partial charge < -0.3 is 25.1 Å². The summed E-state index contributed by atoms with van der Waals surface area (Å²) in [6, 6.07) is 16.0. The highest BCUT2D eigenvalue weighted by molar-refractivity contribution is 6.34. The molecule has 198 valence electrons. The summed E-state index contributed by atoms with van der Waals surface area (Å²) in [5.41, 5.74) is 4.27. The fraction of sp³-hybridized carbons (Fsp3) is 0.321. The number of carbonyl (C=O) groups excluding carboxylic acids is 1. The van der Waals surface area contributed by atoms with Crippen molar-refractivity contribution in [3.63, 3.8) is 0 Å². The normalized spacial score (nSPS) is 14.4. The Kier molecular flexibility index (Phi) is 7.95. The minimum absolute atomic E-state index is 0.0514. The van der Waals surface area contributed by atoms with Gasteiger partial charge in [-0.05, 0) is 42.7 Å². The highest BCUT2D eigenvalue weighted by Gasteiger charge is 2.22. The monoisotopic (exact) mass is 534 g/mol. The van der Waals surface area contributed by atoms with Gasteiger partial charge in [0.05, 0.1) is 24.0 Å². The molecule has 3 N–H and O–H groups in total. The molecule has 1 aliphatic rings. The molecule has 9 nitrogen and oxygen atoms in total. The third-order valence-electron chi connectivity index (χ3n) is 6.73. The maximum absolute atomic E-state index is 11.5. The van der Waals surface area contributed by atoms with Crippen molar-refractivity contribution in [2.75, 3.05) is 39.2 Å². The number of methoxy groups -OCH3 is 1. The molecule has 2 aromatic heterocycles. The van der Waals surface area contributed by atoms with Crippen LogP contribution in [0.15, 0.2) is 54.7 Å². The van der Waals surface area contributed by atoms with E-state index in [1.54, 1.807) is 26.4 Å². The van der Waals surface area contributed by atoms with Gasteiger partial charge in [-0.3, -0.25) is 9.69 Å². The van der Waals surface area contributed by atoms with Crippen LogP contribution in [-0.4, -0.2) is 65.7 Å². The molecule has 1 amide bonds. The number of anilines is 1. The van der Waals surface area contributed by atoms with E-state index in [-0.39, 0.29) is 12.5 Å². The van der Waals surface area contributed by atoms with Gasteiger partial charge in [0.25, 0.3) is 5.91 Å². The second kappa shape index (κ2) is 11.7. The van der Waals surface area contributed by atoms with Gasteiger partial charge in [0.2, 0.25) is 0 Å². The van der Waals surface area contributed by atoms with Gasteiger partial charge >= 0.3 is 0 Å². The van der Waals surface area contributed by atoms with Crippen molar-refractivity contribution in [2.24, 2.45) is 0 Å². The first-order chi connectivity index (χ1) is 18.5. The fourth-order valence-electron chi connectivity index (χ4n) is 4.59. The predicted octanol–water partition coefficient (Wildman–Crippen LogP) is 4.49. The van der Waals surface area contributed by atoms with E-state index >= 15 is 0 Å². The number of ether oxygens (including phenoxy) is 2. The second-order valence-corrected chi connectivity index (χ2v) is 9.70. The lowest BCUT2D eigenvalue weighted by Gasteiger charge is -2.33. The van der Waals surface area contributed by atoms with Crippen LogP contribution in [-0.2, 0) is 11.3 Å². The SMILES string of the molecule is CNC(=O)COc1cccc(-c2nc3ncc(Cl)c(NC4CCN(Cc5ccc(OC)cc5)CC4)c3[nH]2)c1. The molecule has 0 aliphatic carbocycles. The number of likely N-dealkylation sites (N-methyl/N-ethyl adjacent to an activating group) is 1. The summed E-state index contributed by atoms with van der Waals surface area (Å²) in [6.07, 6.45) is 3.64. The fourth-order valence-corrected chi connectivity index (χ4v) is 4.79. The van der Waals surface area contributed by atoms with E-state index < -0.39 is 0 Å². The minimum atomic E-state index is -0.194. The number of nitrogens with one attached hydrogen (secondary N) is 3. The number of rotatable bonds is 9. The van der Waals surface area contributed by atoms with Crippen LogP contribution in [0.4, 0.5) is 5.69 Å². The summed E-state index contributed by atoms with van der Waals surface area (Å²) >= 11 is 6.60. The van der Waals surface area contributed by atoms with Crippen molar-refractivity contribution >= 4 is 34.4 Å². The zero-order chi connectivity index (χ0) is 26.5. The Hall–Kier alpha value is -3.82. The van der Waals surface area contributed by atoms with E-state index in [1.807, 2.05) is 30.3 Å². The number of aromatic amines is 1. The number of nitrogens with zero attached hydrogens (tertiary/aromatic N) is 3. The highest BCUT2D eigenvalue weighted by atomic mass is 35.5. The van der Waals surface area contributed by atoms with E-state index in [0.29, 0.717) is 28.3 Å². The van der Waals surface area contributed by atoms with E-state index in [9.17, 15) is 4.79 Å². The number of aromatic nitrogens is 3.